The highest BCUT2D eigenvalue weighted by Gasteiger charge is 2.08. The zero-order valence-electron chi connectivity index (χ0n) is 11.2. The lowest BCUT2D eigenvalue weighted by atomic mass is 10.2. The summed E-state index contributed by atoms with van der Waals surface area (Å²) in [5.74, 6) is 1.89. The van der Waals surface area contributed by atoms with Crippen LogP contribution in [0.4, 0.5) is 5.95 Å². The molecule has 1 N–H and O–H groups in total. The summed E-state index contributed by atoms with van der Waals surface area (Å²) >= 11 is 3.49. The van der Waals surface area contributed by atoms with Crippen molar-refractivity contribution in [3.8, 4) is 11.6 Å². The standard InChI is InChI=1S/C14H16BrN3O/c1-4-16-14-17-8-10(3)13(18-14)19-12-6-5-9(2)7-11(12)15/h5-8H,4H2,1-3H3,(H,16,17,18). The number of rotatable bonds is 4. The molecule has 0 spiro atoms. The molecule has 0 atom stereocenters. The minimum Gasteiger partial charge on any atom is -0.437 e. The van der Waals surface area contributed by atoms with Crippen molar-refractivity contribution in [2.75, 3.05) is 11.9 Å². The van der Waals surface area contributed by atoms with Crippen molar-refractivity contribution in [1.29, 1.82) is 0 Å². The molecule has 4 nitrogen and oxygen atoms in total. The van der Waals surface area contributed by atoms with E-state index in [1.807, 2.05) is 39.0 Å². The minimum atomic E-state index is 0.565. The number of hydrogen-bond acceptors (Lipinski definition) is 4. The van der Waals surface area contributed by atoms with Gasteiger partial charge < -0.3 is 10.1 Å². The third kappa shape index (κ3) is 3.44. The molecule has 0 saturated heterocycles. The van der Waals surface area contributed by atoms with Gasteiger partial charge in [-0.05, 0) is 54.4 Å². The van der Waals surface area contributed by atoms with Crippen LogP contribution in [0.1, 0.15) is 18.1 Å². The molecule has 0 radical (unpaired) electrons. The van der Waals surface area contributed by atoms with Crippen molar-refractivity contribution in [2.24, 2.45) is 0 Å². The molecule has 2 rings (SSSR count). The number of ether oxygens (including phenoxy) is 1. The second-order valence-corrected chi connectivity index (χ2v) is 5.10. The van der Waals surface area contributed by atoms with E-state index >= 15 is 0 Å². The van der Waals surface area contributed by atoms with Gasteiger partial charge in [0.2, 0.25) is 11.8 Å². The molecule has 0 aliphatic heterocycles. The maximum absolute atomic E-state index is 5.84. The fourth-order valence-corrected chi connectivity index (χ4v) is 2.14. The lowest BCUT2D eigenvalue weighted by molar-refractivity contribution is 0.455. The van der Waals surface area contributed by atoms with Crippen LogP contribution in [0.15, 0.2) is 28.9 Å². The summed E-state index contributed by atoms with van der Waals surface area (Å²) < 4.78 is 6.76. The van der Waals surface area contributed by atoms with E-state index in [-0.39, 0.29) is 0 Å². The zero-order valence-corrected chi connectivity index (χ0v) is 12.8. The van der Waals surface area contributed by atoms with Crippen LogP contribution in [0.2, 0.25) is 0 Å². The van der Waals surface area contributed by atoms with E-state index in [1.165, 1.54) is 5.56 Å². The van der Waals surface area contributed by atoms with Gasteiger partial charge in [-0.3, -0.25) is 0 Å². The van der Waals surface area contributed by atoms with Gasteiger partial charge in [-0.1, -0.05) is 6.07 Å². The quantitative estimate of drug-likeness (QED) is 0.921. The van der Waals surface area contributed by atoms with Crippen molar-refractivity contribution in [1.82, 2.24) is 9.97 Å². The van der Waals surface area contributed by atoms with Crippen molar-refractivity contribution in [2.45, 2.75) is 20.8 Å². The number of hydrogen-bond donors (Lipinski definition) is 1. The van der Waals surface area contributed by atoms with Gasteiger partial charge in [-0.15, -0.1) is 0 Å². The number of benzene rings is 1. The van der Waals surface area contributed by atoms with Gasteiger partial charge in [-0.25, -0.2) is 4.98 Å². The Morgan fingerprint density at radius 2 is 2.11 bits per heavy atom. The Hall–Kier alpha value is -1.62. The molecule has 1 heterocycles. The largest absolute Gasteiger partial charge is 0.437 e. The van der Waals surface area contributed by atoms with Gasteiger partial charge in [0.15, 0.2) is 0 Å². The molecule has 1 aromatic heterocycles. The first-order valence-electron chi connectivity index (χ1n) is 6.11. The average Bonchev–Trinajstić information content (AvgIpc) is 2.37. The predicted molar refractivity (Wildman–Crippen MR) is 79.9 cm³/mol. The van der Waals surface area contributed by atoms with E-state index in [4.69, 9.17) is 4.74 Å². The number of nitrogens with zero attached hydrogens (tertiary/aromatic N) is 2. The van der Waals surface area contributed by atoms with Crippen molar-refractivity contribution >= 4 is 21.9 Å². The Balaban J connectivity index is 2.29. The second kappa shape index (κ2) is 6.02. The molecule has 100 valence electrons. The molecular weight excluding hydrogens is 306 g/mol. The Kier molecular flexibility index (Phi) is 4.37. The summed E-state index contributed by atoms with van der Waals surface area (Å²) in [5.41, 5.74) is 2.07. The first kappa shape index (κ1) is 13.8. The van der Waals surface area contributed by atoms with Crippen LogP contribution in [0.25, 0.3) is 0 Å². The van der Waals surface area contributed by atoms with Gasteiger partial charge in [0, 0.05) is 18.3 Å². The molecule has 0 aliphatic rings. The van der Waals surface area contributed by atoms with Gasteiger partial charge in [0.1, 0.15) is 5.75 Å². The molecule has 0 bridgehead atoms. The van der Waals surface area contributed by atoms with Crippen LogP contribution in [-0.4, -0.2) is 16.5 Å². The average molecular weight is 322 g/mol. The zero-order chi connectivity index (χ0) is 13.8. The molecule has 0 unspecified atom stereocenters. The molecule has 0 fully saturated rings. The van der Waals surface area contributed by atoms with E-state index in [1.54, 1.807) is 6.20 Å². The highest BCUT2D eigenvalue weighted by molar-refractivity contribution is 9.10. The highest BCUT2D eigenvalue weighted by Crippen LogP contribution is 2.31. The third-order valence-electron chi connectivity index (χ3n) is 2.55. The Morgan fingerprint density at radius 3 is 2.79 bits per heavy atom. The SMILES string of the molecule is CCNc1ncc(C)c(Oc2ccc(C)cc2Br)n1. The van der Waals surface area contributed by atoms with Crippen LogP contribution >= 0.6 is 15.9 Å². The Morgan fingerprint density at radius 1 is 1.32 bits per heavy atom. The molecule has 2 aromatic rings. The third-order valence-corrected chi connectivity index (χ3v) is 3.17. The van der Waals surface area contributed by atoms with E-state index in [0.29, 0.717) is 11.8 Å². The summed E-state index contributed by atoms with van der Waals surface area (Å²) in [7, 11) is 0. The van der Waals surface area contributed by atoms with E-state index < -0.39 is 0 Å². The molecule has 5 heteroatoms. The van der Waals surface area contributed by atoms with Crippen molar-refractivity contribution < 1.29 is 4.74 Å². The fraction of sp³-hybridized carbons (Fsp3) is 0.286. The van der Waals surface area contributed by atoms with Gasteiger partial charge in [0.05, 0.1) is 4.47 Å². The monoisotopic (exact) mass is 321 g/mol. The fourth-order valence-electron chi connectivity index (χ4n) is 1.57. The van der Waals surface area contributed by atoms with Crippen LogP contribution in [-0.2, 0) is 0 Å². The van der Waals surface area contributed by atoms with Crippen LogP contribution in [0.3, 0.4) is 0 Å². The smallest absolute Gasteiger partial charge is 0.227 e. The molecule has 1 aromatic carbocycles. The number of aromatic nitrogens is 2. The summed E-state index contributed by atoms with van der Waals surface area (Å²) in [6, 6.07) is 5.94. The second-order valence-electron chi connectivity index (χ2n) is 4.25. The molecule has 0 aliphatic carbocycles. The first-order chi connectivity index (χ1) is 9.10. The maximum Gasteiger partial charge on any atom is 0.227 e. The van der Waals surface area contributed by atoms with Crippen LogP contribution in [0.5, 0.6) is 11.6 Å². The first-order valence-corrected chi connectivity index (χ1v) is 6.91. The number of aryl methyl sites for hydroxylation is 2. The molecule has 0 amide bonds. The lowest BCUT2D eigenvalue weighted by Crippen LogP contribution is -2.03. The van der Waals surface area contributed by atoms with Crippen molar-refractivity contribution in [3.63, 3.8) is 0 Å². The van der Waals surface area contributed by atoms with E-state index in [0.717, 1.165) is 22.3 Å². The van der Waals surface area contributed by atoms with E-state index in [2.05, 4.69) is 31.2 Å². The summed E-state index contributed by atoms with van der Waals surface area (Å²) in [6.45, 7) is 6.73. The number of nitrogens with one attached hydrogen (secondary N) is 1. The van der Waals surface area contributed by atoms with Crippen LogP contribution < -0.4 is 10.1 Å². The molecule has 19 heavy (non-hydrogen) atoms. The predicted octanol–water partition coefficient (Wildman–Crippen LogP) is 4.08. The van der Waals surface area contributed by atoms with Crippen LogP contribution in [0, 0.1) is 13.8 Å². The topological polar surface area (TPSA) is 47.0 Å². The molecule has 0 saturated carbocycles. The minimum absolute atomic E-state index is 0.565. The number of halogens is 1. The lowest BCUT2D eigenvalue weighted by Gasteiger charge is -2.11. The summed E-state index contributed by atoms with van der Waals surface area (Å²) in [6.07, 6.45) is 1.75. The van der Waals surface area contributed by atoms with Gasteiger partial charge >= 0.3 is 0 Å². The molecular formula is C14H16BrN3O. The Labute approximate surface area is 121 Å². The van der Waals surface area contributed by atoms with Gasteiger partial charge in [-0.2, -0.15) is 4.98 Å². The normalized spacial score (nSPS) is 10.3. The van der Waals surface area contributed by atoms with Gasteiger partial charge in [0.25, 0.3) is 0 Å². The summed E-state index contributed by atoms with van der Waals surface area (Å²) in [4.78, 5) is 8.55. The Bertz CT molecular complexity index is 587. The van der Waals surface area contributed by atoms with E-state index in [9.17, 15) is 0 Å². The maximum atomic E-state index is 5.84. The van der Waals surface area contributed by atoms with Crippen molar-refractivity contribution in [3.05, 3.63) is 40.0 Å². The number of anilines is 1. The summed E-state index contributed by atoms with van der Waals surface area (Å²) in [5, 5.41) is 3.07. The highest BCUT2D eigenvalue weighted by atomic mass is 79.9.